The van der Waals surface area contributed by atoms with Crippen LogP contribution in [0, 0.1) is 18.8 Å². The minimum absolute atomic E-state index is 0.00156. The van der Waals surface area contributed by atoms with E-state index < -0.39 is 0 Å². The number of nitrogens with zero attached hydrogens (tertiary/aromatic N) is 1. The number of benzene rings is 1. The minimum Gasteiger partial charge on any atom is -0.353 e. The Kier molecular flexibility index (Phi) is 6.19. The van der Waals surface area contributed by atoms with E-state index in [4.69, 9.17) is 0 Å². The van der Waals surface area contributed by atoms with Gasteiger partial charge in [0.1, 0.15) is 0 Å². The summed E-state index contributed by atoms with van der Waals surface area (Å²) in [5.74, 6) is 1.19. The van der Waals surface area contributed by atoms with Crippen LogP contribution in [0.5, 0.6) is 0 Å². The summed E-state index contributed by atoms with van der Waals surface area (Å²) in [7, 11) is 0. The Morgan fingerprint density at radius 2 is 1.96 bits per heavy atom. The van der Waals surface area contributed by atoms with Gasteiger partial charge < -0.3 is 5.32 Å². The summed E-state index contributed by atoms with van der Waals surface area (Å²) < 4.78 is 0. The van der Waals surface area contributed by atoms with Crippen LogP contribution < -0.4 is 10.7 Å². The first-order valence-corrected chi connectivity index (χ1v) is 10.1. The van der Waals surface area contributed by atoms with E-state index in [0.717, 1.165) is 17.7 Å². The van der Waals surface area contributed by atoms with E-state index in [1.165, 1.54) is 18.4 Å². The van der Waals surface area contributed by atoms with Crippen LogP contribution in [0.1, 0.15) is 57.1 Å². The lowest BCUT2D eigenvalue weighted by atomic mass is 9.78. The van der Waals surface area contributed by atoms with Gasteiger partial charge in [-0.15, -0.1) is 0 Å². The van der Waals surface area contributed by atoms with Crippen molar-refractivity contribution in [2.75, 3.05) is 6.54 Å². The van der Waals surface area contributed by atoms with Gasteiger partial charge in [-0.2, -0.15) is 0 Å². The monoisotopic (exact) mass is 369 g/mol. The predicted molar refractivity (Wildman–Crippen MR) is 107 cm³/mol. The van der Waals surface area contributed by atoms with Crippen molar-refractivity contribution >= 4 is 17.5 Å². The zero-order valence-electron chi connectivity index (χ0n) is 16.6. The summed E-state index contributed by atoms with van der Waals surface area (Å²) in [5.41, 5.74) is 6.35. The van der Waals surface area contributed by atoms with Crippen LogP contribution in [0.25, 0.3) is 5.70 Å². The van der Waals surface area contributed by atoms with Crippen molar-refractivity contribution < 1.29 is 9.59 Å². The molecule has 0 saturated heterocycles. The van der Waals surface area contributed by atoms with E-state index in [2.05, 4.69) is 43.6 Å². The molecule has 2 N–H and O–H groups in total. The number of carbonyl (C=O) groups is 2. The molecule has 3 unspecified atom stereocenters. The highest BCUT2D eigenvalue weighted by Gasteiger charge is 2.28. The Morgan fingerprint density at radius 1 is 1.22 bits per heavy atom. The van der Waals surface area contributed by atoms with Crippen LogP contribution in [0.2, 0.25) is 0 Å². The number of carbonyl (C=O) groups excluding carboxylic acids is 2. The van der Waals surface area contributed by atoms with Crippen LogP contribution in [-0.2, 0) is 9.59 Å². The van der Waals surface area contributed by atoms with Gasteiger partial charge in [0.15, 0.2) is 0 Å². The fourth-order valence-corrected chi connectivity index (χ4v) is 3.93. The number of hydrazine groups is 1. The molecule has 2 amide bonds. The first-order valence-electron chi connectivity index (χ1n) is 10.1. The fourth-order valence-electron chi connectivity index (χ4n) is 3.93. The Labute approximate surface area is 162 Å². The van der Waals surface area contributed by atoms with Gasteiger partial charge in [-0.1, -0.05) is 56.5 Å². The van der Waals surface area contributed by atoms with Crippen LogP contribution >= 0.6 is 0 Å². The standard InChI is InChI=1S/C22H31N3O2/c1-15-7-9-18(10-8-15)20-11-12-22(27)25(24-20)14-13-21(26)23-19-6-4-5-16(2)17(19)3/h7-11,16-17,19,24H,4-6,12-14H2,1-3H3,(H,23,26). The van der Waals surface area contributed by atoms with Crippen LogP contribution in [-0.4, -0.2) is 29.4 Å². The highest BCUT2D eigenvalue weighted by molar-refractivity contribution is 5.84. The molecule has 146 valence electrons. The average molecular weight is 370 g/mol. The molecule has 3 atom stereocenters. The zero-order valence-corrected chi connectivity index (χ0v) is 16.6. The van der Waals surface area contributed by atoms with Crippen molar-refractivity contribution in [1.29, 1.82) is 0 Å². The second-order valence-electron chi connectivity index (χ2n) is 8.04. The normalized spacial score (nSPS) is 25.6. The third kappa shape index (κ3) is 4.90. The molecule has 27 heavy (non-hydrogen) atoms. The van der Waals surface area contributed by atoms with Gasteiger partial charge in [0, 0.05) is 18.9 Å². The molecule has 1 aromatic rings. The van der Waals surface area contributed by atoms with Crippen molar-refractivity contribution in [3.8, 4) is 0 Å². The van der Waals surface area contributed by atoms with Crippen molar-refractivity contribution in [3.05, 3.63) is 41.5 Å². The second-order valence-corrected chi connectivity index (χ2v) is 8.04. The first-order chi connectivity index (χ1) is 12.9. The second kappa shape index (κ2) is 8.59. The van der Waals surface area contributed by atoms with Crippen LogP contribution in [0.15, 0.2) is 30.3 Å². The molecule has 3 rings (SSSR count). The molecule has 0 aromatic heterocycles. The molecule has 2 aliphatic rings. The number of hydrogen-bond acceptors (Lipinski definition) is 3. The molecule has 0 radical (unpaired) electrons. The van der Waals surface area contributed by atoms with Gasteiger partial charge in [-0.25, -0.2) is 0 Å². The molecular weight excluding hydrogens is 338 g/mol. The van der Waals surface area contributed by atoms with Crippen LogP contribution in [0.3, 0.4) is 0 Å². The maximum Gasteiger partial charge on any atom is 0.244 e. The van der Waals surface area contributed by atoms with Gasteiger partial charge in [-0.05, 0) is 36.8 Å². The van der Waals surface area contributed by atoms with Crippen molar-refractivity contribution in [2.45, 2.75) is 58.9 Å². The molecule has 0 bridgehead atoms. The molecule has 1 saturated carbocycles. The Balaban J connectivity index is 1.52. The number of amides is 2. The summed E-state index contributed by atoms with van der Waals surface area (Å²) in [6.07, 6.45) is 6.06. The van der Waals surface area contributed by atoms with Crippen LogP contribution in [0.4, 0.5) is 0 Å². The van der Waals surface area contributed by atoms with Gasteiger partial charge in [0.25, 0.3) is 0 Å². The zero-order chi connectivity index (χ0) is 19.4. The number of aryl methyl sites for hydroxylation is 1. The molecule has 0 spiro atoms. The summed E-state index contributed by atoms with van der Waals surface area (Å²) in [5, 5.41) is 4.75. The van der Waals surface area contributed by atoms with Crippen molar-refractivity contribution in [2.24, 2.45) is 11.8 Å². The first kappa shape index (κ1) is 19.5. The summed E-state index contributed by atoms with van der Waals surface area (Å²) >= 11 is 0. The highest BCUT2D eigenvalue weighted by Crippen LogP contribution is 2.29. The maximum atomic E-state index is 12.4. The molecule has 1 aliphatic carbocycles. The quantitative estimate of drug-likeness (QED) is 0.836. The lowest BCUT2D eigenvalue weighted by Gasteiger charge is -2.35. The lowest BCUT2D eigenvalue weighted by molar-refractivity contribution is -0.133. The summed E-state index contributed by atoms with van der Waals surface area (Å²) in [4.78, 5) is 24.6. The SMILES string of the molecule is Cc1ccc(C2=CCC(=O)N(CCC(=O)NC3CCCC(C)C3C)N2)cc1. The molecular formula is C22H31N3O2. The van der Waals surface area contributed by atoms with E-state index in [0.29, 0.717) is 31.2 Å². The third-order valence-electron chi connectivity index (χ3n) is 6.02. The Morgan fingerprint density at radius 3 is 2.70 bits per heavy atom. The summed E-state index contributed by atoms with van der Waals surface area (Å²) in [6, 6.07) is 8.45. The van der Waals surface area contributed by atoms with Gasteiger partial charge in [0.05, 0.1) is 12.2 Å². The smallest absolute Gasteiger partial charge is 0.244 e. The number of rotatable bonds is 5. The van der Waals surface area contributed by atoms with E-state index >= 15 is 0 Å². The Hall–Kier alpha value is -2.30. The molecule has 5 heteroatoms. The molecule has 1 aromatic carbocycles. The van der Waals surface area contributed by atoms with Gasteiger partial charge in [0.2, 0.25) is 11.8 Å². The largest absolute Gasteiger partial charge is 0.353 e. The third-order valence-corrected chi connectivity index (χ3v) is 6.02. The number of nitrogens with one attached hydrogen (secondary N) is 2. The Bertz CT molecular complexity index is 711. The molecule has 1 heterocycles. The highest BCUT2D eigenvalue weighted by atomic mass is 16.2. The van der Waals surface area contributed by atoms with E-state index in [1.54, 1.807) is 5.01 Å². The predicted octanol–water partition coefficient (Wildman–Crippen LogP) is 3.40. The summed E-state index contributed by atoms with van der Waals surface area (Å²) in [6.45, 7) is 6.92. The van der Waals surface area contributed by atoms with Gasteiger partial charge in [-0.3, -0.25) is 20.0 Å². The average Bonchev–Trinajstić information content (AvgIpc) is 2.65. The fraction of sp³-hybridized carbons (Fsp3) is 0.545. The van der Waals surface area contributed by atoms with Crippen molar-refractivity contribution in [1.82, 2.24) is 15.8 Å². The molecule has 5 nitrogen and oxygen atoms in total. The molecule has 1 aliphatic heterocycles. The lowest BCUT2D eigenvalue weighted by Crippen LogP contribution is -2.48. The topological polar surface area (TPSA) is 61.4 Å². The van der Waals surface area contributed by atoms with Crippen molar-refractivity contribution in [3.63, 3.8) is 0 Å². The molecule has 1 fully saturated rings. The van der Waals surface area contributed by atoms with E-state index in [-0.39, 0.29) is 17.9 Å². The number of hydrogen-bond donors (Lipinski definition) is 2. The minimum atomic E-state index is -0.00156. The van der Waals surface area contributed by atoms with E-state index in [1.807, 2.05) is 18.2 Å². The van der Waals surface area contributed by atoms with Gasteiger partial charge >= 0.3 is 0 Å². The maximum absolute atomic E-state index is 12.4. The van der Waals surface area contributed by atoms with E-state index in [9.17, 15) is 9.59 Å².